The number of aromatic nitrogens is 5. The number of halogens is 1. The molecule has 2 aliphatic rings. The van der Waals surface area contributed by atoms with Crippen molar-refractivity contribution in [3.63, 3.8) is 0 Å². The molecule has 1 N–H and O–H groups in total. The van der Waals surface area contributed by atoms with E-state index in [-0.39, 0.29) is 25.4 Å². The van der Waals surface area contributed by atoms with Crippen molar-refractivity contribution in [1.29, 1.82) is 0 Å². The predicted octanol–water partition coefficient (Wildman–Crippen LogP) is 4.42. The molecule has 2 amide bonds. The van der Waals surface area contributed by atoms with Crippen LogP contribution in [0.2, 0.25) is 0 Å². The fourth-order valence-corrected chi connectivity index (χ4v) is 5.93. The molecule has 42 heavy (non-hydrogen) atoms. The van der Waals surface area contributed by atoms with E-state index >= 15 is 0 Å². The molecule has 4 heterocycles. The first-order chi connectivity index (χ1) is 19.9. The third-order valence-corrected chi connectivity index (χ3v) is 7.95. The lowest BCUT2D eigenvalue weighted by molar-refractivity contribution is 0.0394. The van der Waals surface area contributed by atoms with Gasteiger partial charge in [-0.15, -0.1) is 0 Å². The molecular formula is C30H38FN7O4. The molecule has 0 unspecified atom stereocenters. The molecule has 4 aromatic rings. The topological polar surface area (TPSA) is 108 Å². The molecule has 3 aromatic heterocycles. The molecule has 2 atom stereocenters. The van der Waals surface area contributed by atoms with Gasteiger partial charge in [0.25, 0.3) is 5.91 Å². The minimum Gasteiger partial charge on any atom is -0.494 e. The molecule has 1 saturated heterocycles. The van der Waals surface area contributed by atoms with Gasteiger partial charge in [-0.25, -0.2) is 14.2 Å². The third kappa shape index (κ3) is 5.30. The standard InChI is InChI=1S/C30H38FN7O4/c1-30(2,3)42-29(40)33-21-12-20(31)15-37(16-21)28(39)18-9-22-25(24(11-18)41-6)35(4)26(34-22)23-10-19-13-32-36(5)27(19)38(23)14-17-7-8-17/h9-11,13,17,20-21H,7-8,12,14-16H2,1-6H3,(H,33,40)/t20-,21-/m1/s1. The number of hydrogen-bond donors (Lipinski definition) is 1. The molecule has 0 bridgehead atoms. The molecule has 0 radical (unpaired) electrons. The number of rotatable bonds is 6. The van der Waals surface area contributed by atoms with Crippen LogP contribution in [0.3, 0.4) is 0 Å². The van der Waals surface area contributed by atoms with Crippen LogP contribution >= 0.6 is 0 Å². The molecule has 1 saturated carbocycles. The minimum atomic E-state index is -1.28. The van der Waals surface area contributed by atoms with Gasteiger partial charge in [-0.2, -0.15) is 5.10 Å². The maximum Gasteiger partial charge on any atom is 0.407 e. The Balaban J connectivity index is 1.32. The molecule has 0 spiro atoms. The van der Waals surface area contributed by atoms with E-state index in [4.69, 9.17) is 14.5 Å². The lowest BCUT2D eigenvalue weighted by Gasteiger charge is -2.35. The van der Waals surface area contributed by atoms with Crippen LogP contribution in [0, 0.1) is 5.92 Å². The summed E-state index contributed by atoms with van der Waals surface area (Å²) in [5.74, 6) is 1.55. The zero-order valence-corrected chi connectivity index (χ0v) is 25.0. The number of aryl methyl sites for hydroxylation is 2. The van der Waals surface area contributed by atoms with Gasteiger partial charge in [0.1, 0.15) is 28.7 Å². The first kappa shape index (κ1) is 28.0. The van der Waals surface area contributed by atoms with E-state index in [0.717, 1.165) is 34.6 Å². The summed E-state index contributed by atoms with van der Waals surface area (Å²) in [4.78, 5) is 32.4. The number of nitrogens with zero attached hydrogens (tertiary/aromatic N) is 6. The number of hydrogen-bond acceptors (Lipinski definition) is 6. The molecule has 6 rings (SSSR count). The SMILES string of the molecule is COc1cc(C(=O)N2C[C@H](F)C[C@@H](NC(=O)OC(C)(C)C)C2)cc2nc(-c3cc4cnn(C)c4n3CC3CC3)n(C)c12. The van der Waals surface area contributed by atoms with E-state index < -0.39 is 23.9 Å². The zero-order chi connectivity index (χ0) is 29.9. The number of carbonyl (C=O) groups excluding carboxylic acids is 2. The van der Waals surface area contributed by atoms with Gasteiger partial charge in [0, 0.05) is 44.6 Å². The highest BCUT2D eigenvalue weighted by Crippen LogP contribution is 2.38. The molecule has 2 fully saturated rings. The second-order valence-corrected chi connectivity index (χ2v) is 12.6. The Hall–Kier alpha value is -4.09. The van der Waals surface area contributed by atoms with Crippen molar-refractivity contribution in [2.45, 2.75) is 64.4 Å². The van der Waals surface area contributed by atoms with Crippen LogP contribution in [0.15, 0.2) is 24.4 Å². The highest BCUT2D eigenvalue weighted by atomic mass is 19.1. The second-order valence-electron chi connectivity index (χ2n) is 12.6. The van der Waals surface area contributed by atoms with Crippen LogP contribution < -0.4 is 10.1 Å². The van der Waals surface area contributed by atoms with E-state index in [9.17, 15) is 14.0 Å². The normalized spacial score (nSPS) is 19.5. The van der Waals surface area contributed by atoms with Crippen molar-refractivity contribution >= 4 is 34.1 Å². The van der Waals surface area contributed by atoms with Crippen LogP contribution in [0.1, 0.15) is 50.4 Å². The summed E-state index contributed by atoms with van der Waals surface area (Å²) in [5.41, 5.74) is 3.06. The number of alkyl halides is 1. The van der Waals surface area contributed by atoms with Crippen LogP contribution in [-0.2, 0) is 25.4 Å². The maximum atomic E-state index is 14.8. The quantitative estimate of drug-likeness (QED) is 0.362. The van der Waals surface area contributed by atoms with Crippen molar-refractivity contribution in [3.05, 3.63) is 30.0 Å². The summed E-state index contributed by atoms with van der Waals surface area (Å²) in [7, 11) is 5.45. The Labute approximate surface area is 243 Å². The predicted molar refractivity (Wildman–Crippen MR) is 156 cm³/mol. The number of imidazole rings is 1. The zero-order valence-electron chi connectivity index (χ0n) is 25.0. The molecule has 1 aromatic carbocycles. The number of carbonyl (C=O) groups is 2. The summed E-state index contributed by atoms with van der Waals surface area (Å²) in [5, 5.41) is 8.20. The van der Waals surface area contributed by atoms with E-state index in [2.05, 4.69) is 21.0 Å². The average Bonchev–Trinajstić information content (AvgIpc) is 3.43. The molecule has 1 aliphatic carbocycles. The summed E-state index contributed by atoms with van der Waals surface area (Å²) in [6.45, 7) is 6.28. The lowest BCUT2D eigenvalue weighted by Crippen LogP contribution is -2.54. The summed E-state index contributed by atoms with van der Waals surface area (Å²) in [6, 6.07) is 4.95. The van der Waals surface area contributed by atoms with Crippen LogP contribution in [-0.4, -0.2) is 78.8 Å². The van der Waals surface area contributed by atoms with Gasteiger partial charge in [-0.1, -0.05) is 0 Å². The Bertz CT molecular complexity index is 1680. The number of nitrogens with one attached hydrogen (secondary N) is 1. The highest BCUT2D eigenvalue weighted by Gasteiger charge is 2.33. The number of amides is 2. The van der Waals surface area contributed by atoms with E-state index in [1.54, 1.807) is 40.0 Å². The van der Waals surface area contributed by atoms with Gasteiger partial charge >= 0.3 is 6.09 Å². The number of fused-ring (bicyclic) bond motifs is 2. The fraction of sp³-hybridized carbons (Fsp3) is 0.533. The summed E-state index contributed by atoms with van der Waals surface area (Å²) >= 11 is 0. The molecular weight excluding hydrogens is 541 g/mol. The molecule has 11 nitrogen and oxygen atoms in total. The smallest absolute Gasteiger partial charge is 0.407 e. The fourth-order valence-electron chi connectivity index (χ4n) is 5.93. The number of piperidine rings is 1. The Morgan fingerprint density at radius 2 is 1.90 bits per heavy atom. The van der Waals surface area contributed by atoms with Crippen LogP contribution in [0.25, 0.3) is 33.6 Å². The number of likely N-dealkylation sites (tertiary alicyclic amines) is 1. The second kappa shape index (κ2) is 10.3. The average molecular weight is 580 g/mol. The summed E-state index contributed by atoms with van der Waals surface area (Å²) < 4.78 is 32.0. The molecule has 224 valence electrons. The highest BCUT2D eigenvalue weighted by molar-refractivity contribution is 6.00. The third-order valence-electron chi connectivity index (χ3n) is 7.95. The monoisotopic (exact) mass is 579 g/mol. The van der Waals surface area contributed by atoms with Crippen LogP contribution in [0.4, 0.5) is 9.18 Å². The van der Waals surface area contributed by atoms with Gasteiger partial charge in [0.2, 0.25) is 0 Å². The van der Waals surface area contributed by atoms with Gasteiger partial charge in [-0.05, 0) is 57.7 Å². The van der Waals surface area contributed by atoms with Crippen molar-refractivity contribution in [2.75, 3.05) is 20.2 Å². The largest absolute Gasteiger partial charge is 0.494 e. The van der Waals surface area contributed by atoms with Gasteiger partial charge < -0.3 is 28.8 Å². The summed E-state index contributed by atoms with van der Waals surface area (Å²) in [6.07, 6.45) is 2.49. The van der Waals surface area contributed by atoms with Gasteiger partial charge in [0.05, 0.1) is 37.1 Å². The van der Waals surface area contributed by atoms with E-state index in [0.29, 0.717) is 22.7 Å². The lowest BCUT2D eigenvalue weighted by atomic mass is 10.0. The first-order valence-corrected chi connectivity index (χ1v) is 14.4. The van der Waals surface area contributed by atoms with Gasteiger partial charge in [-0.3, -0.25) is 9.48 Å². The van der Waals surface area contributed by atoms with Gasteiger partial charge in [0.15, 0.2) is 5.82 Å². The maximum absolute atomic E-state index is 14.8. The van der Waals surface area contributed by atoms with Crippen LogP contribution in [0.5, 0.6) is 5.75 Å². The molecule has 12 heteroatoms. The van der Waals surface area contributed by atoms with E-state index in [1.165, 1.54) is 17.7 Å². The number of methoxy groups -OCH3 is 1. The number of benzene rings is 1. The molecule has 1 aliphatic heterocycles. The van der Waals surface area contributed by atoms with Crippen molar-refractivity contribution in [1.82, 2.24) is 34.1 Å². The minimum absolute atomic E-state index is 0.0611. The Kier molecular flexibility index (Phi) is 6.89. The Morgan fingerprint density at radius 1 is 1.14 bits per heavy atom. The first-order valence-electron chi connectivity index (χ1n) is 14.4. The van der Waals surface area contributed by atoms with E-state index in [1.807, 2.05) is 29.5 Å². The van der Waals surface area contributed by atoms with Crippen molar-refractivity contribution in [3.8, 4) is 17.3 Å². The van der Waals surface area contributed by atoms with Crippen molar-refractivity contribution in [2.24, 2.45) is 20.0 Å². The Morgan fingerprint density at radius 3 is 2.60 bits per heavy atom. The number of alkyl carbamates (subject to hydrolysis) is 1. The number of ether oxygens (including phenoxy) is 2. The van der Waals surface area contributed by atoms with Crippen molar-refractivity contribution < 1.29 is 23.5 Å².